The summed E-state index contributed by atoms with van der Waals surface area (Å²) in [5.41, 5.74) is 0. The van der Waals surface area contributed by atoms with Gasteiger partial charge in [-0.1, -0.05) is 0 Å². The van der Waals surface area contributed by atoms with Gasteiger partial charge in [-0.3, -0.25) is 0 Å². The first-order valence-corrected chi connectivity index (χ1v) is 0. The van der Waals surface area contributed by atoms with E-state index in [-0.39, 0.29) is 147 Å². The molecule has 0 fully saturated rings. The Morgan fingerprint density at radius 1 is 1.20 bits per heavy atom. The Kier molecular flexibility index (Phi) is 154. The van der Waals surface area contributed by atoms with Crippen molar-refractivity contribution in [3.8, 4) is 0 Å². The monoisotopic (exact) mass is 425 g/mol. The summed E-state index contributed by atoms with van der Waals surface area (Å²) < 4.78 is 0. The van der Waals surface area contributed by atoms with Crippen molar-refractivity contribution in [2.24, 2.45) is 0 Å². The van der Waals surface area contributed by atoms with Gasteiger partial charge in [0.15, 0.2) is 17.4 Å². The minimum absolute atomic E-state index is 0. The molecule has 0 saturated heterocycles. The van der Waals surface area contributed by atoms with Crippen LogP contribution in [0.2, 0.25) is 0 Å². The van der Waals surface area contributed by atoms with Crippen LogP contribution >= 0.6 is 0 Å². The van der Waals surface area contributed by atoms with Crippen molar-refractivity contribution in [2.45, 2.75) is 0 Å². The molecule has 0 spiro atoms. The number of rotatable bonds is 0. The molecule has 0 aromatic carbocycles. The van der Waals surface area contributed by atoms with Gasteiger partial charge in [0.2, 0.25) is 0 Å². The molecule has 0 saturated carbocycles. The van der Waals surface area contributed by atoms with Crippen molar-refractivity contribution in [1.29, 1.82) is 0 Å². The Morgan fingerprint density at radius 3 is 1.20 bits per heavy atom. The van der Waals surface area contributed by atoms with Crippen LogP contribution in [0.1, 0.15) is 2.85 Å². The van der Waals surface area contributed by atoms with E-state index in [1.54, 1.807) is 0 Å². The number of hydrogen-bond donors (Lipinski definition) is 0. The SMILES string of the molecule is [AlH3].[Ce].[H-].[H-].[La].[Mg+2].[Zr]. The first kappa shape index (κ1) is 33.1. The average Bonchev–Trinajstić information content (AvgIpc) is 0. The Hall–Kier alpha value is 4.75. The first-order valence-electron chi connectivity index (χ1n) is 0. The summed E-state index contributed by atoms with van der Waals surface area (Å²) in [6, 6.07) is 0. The zero-order chi connectivity index (χ0) is 0. The maximum Gasteiger partial charge on any atom is 2.00 e. The fourth-order valence-corrected chi connectivity index (χ4v) is 0. The predicted molar refractivity (Wildman–Crippen MR) is 17.9 cm³/mol. The summed E-state index contributed by atoms with van der Waals surface area (Å²) >= 11 is 0. The smallest absolute Gasteiger partial charge is 1.00 e. The van der Waals surface area contributed by atoms with Crippen LogP contribution in [-0.2, 0) is 26.2 Å². The largest absolute Gasteiger partial charge is 2.00 e. The van der Waals surface area contributed by atoms with E-state index < -0.39 is 0 Å². The van der Waals surface area contributed by atoms with E-state index in [0.29, 0.717) is 0 Å². The van der Waals surface area contributed by atoms with Gasteiger partial charge in [0, 0.05) is 104 Å². The Labute approximate surface area is 143 Å². The zero-order valence-electron chi connectivity index (χ0n) is 4.28. The second-order valence-corrected chi connectivity index (χ2v) is 0. The summed E-state index contributed by atoms with van der Waals surface area (Å²) in [6.45, 7) is 0. The van der Waals surface area contributed by atoms with Gasteiger partial charge in [0.25, 0.3) is 0 Å². The first-order chi connectivity index (χ1) is 0. The molecule has 0 rings (SSSR count). The molecule has 21 valence electrons. The maximum atomic E-state index is 0. The Balaban J connectivity index is 0. The fourth-order valence-electron chi connectivity index (χ4n) is 0. The quantitative estimate of drug-likeness (QED) is 0.421. The molecule has 0 aromatic rings. The molecule has 5 heavy (non-hydrogen) atoms. The Bertz CT molecular complexity index is 17.7. The molecule has 1 radical (unpaired) electrons. The number of hydrogen-bond acceptors (Lipinski definition) is 0. The van der Waals surface area contributed by atoms with Gasteiger partial charge < -0.3 is 2.85 Å². The molecule has 0 bridgehead atoms. The summed E-state index contributed by atoms with van der Waals surface area (Å²) in [6.07, 6.45) is 0. The molecule has 0 atom stereocenters. The van der Waals surface area contributed by atoms with Crippen LogP contribution in [-0.4, -0.2) is 40.4 Å². The van der Waals surface area contributed by atoms with Crippen LogP contribution in [0.3, 0.4) is 0 Å². The van der Waals surface area contributed by atoms with E-state index in [9.17, 15) is 0 Å². The molecular weight excluding hydrogens is 422 g/mol. The maximum absolute atomic E-state index is 0. The molecule has 0 nitrogen and oxygen atoms in total. The molecule has 0 heterocycles. The van der Waals surface area contributed by atoms with Gasteiger partial charge in [0.1, 0.15) is 0 Å². The zero-order valence-corrected chi connectivity index (χ0v) is 12.9. The standard InChI is InChI=1S/Al.Ce.La.Mg.Zr.5H/q;;;+2;;;;;2*-1. The van der Waals surface area contributed by atoms with E-state index in [0.717, 1.165) is 0 Å². The van der Waals surface area contributed by atoms with E-state index in [1.165, 1.54) is 0 Å². The summed E-state index contributed by atoms with van der Waals surface area (Å²) in [5, 5.41) is 0. The van der Waals surface area contributed by atoms with Crippen molar-refractivity contribution < 1.29 is 106 Å². The summed E-state index contributed by atoms with van der Waals surface area (Å²) in [4.78, 5) is 0. The summed E-state index contributed by atoms with van der Waals surface area (Å²) in [7, 11) is 0. The second-order valence-electron chi connectivity index (χ2n) is 0. The normalized spacial score (nSPS) is 0. The van der Waals surface area contributed by atoms with Crippen LogP contribution in [0, 0.1) is 77.3 Å². The molecule has 0 N–H and O–H groups in total. The van der Waals surface area contributed by atoms with Crippen molar-refractivity contribution in [3.63, 3.8) is 0 Å². The Morgan fingerprint density at radius 2 is 1.20 bits per heavy atom. The molecule has 0 unspecified atom stereocenters. The van der Waals surface area contributed by atoms with Gasteiger partial charge in [-0.25, -0.2) is 0 Å². The van der Waals surface area contributed by atoms with Crippen molar-refractivity contribution in [3.05, 3.63) is 0 Å². The van der Waals surface area contributed by atoms with Crippen LogP contribution in [0.25, 0.3) is 0 Å². The van der Waals surface area contributed by atoms with Crippen molar-refractivity contribution >= 4 is 40.4 Å². The third kappa shape index (κ3) is 17.7. The van der Waals surface area contributed by atoms with Gasteiger partial charge in [0.05, 0.1) is 0 Å². The molecule has 0 aliphatic heterocycles. The van der Waals surface area contributed by atoms with Crippen LogP contribution < -0.4 is 0 Å². The molecule has 5 heteroatoms. The minimum atomic E-state index is 0. The third-order valence-electron chi connectivity index (χ3n) is 0. The van der Waals surface area contributed by atoms with E-state index in [4.69, 9.17) is 0 Å². The second kappa shape index (κ2) is 23.3. The van der Waals surface area contributed by atoms with Crippen LogP contribution in [0.5, 0.6) is 0 Å². The van der Waals surface area contributed by atoms with Gasteiger partial charge in [-0.15, -0.1) is 0 Å². The van der Waals surface area contributed by atoms with E-state index in [1.807, 2.05) is 0 Å². The molecule has 0 aromatic heterocycles. The van der Waals surface area contributed by atoms with Crippen LogP contribution in [0.15, 0.2) is 0 Å². The molecule has 0 aliphatic carbocycles. The predicted octanol–water partition coefficient (Wildman–Crippen LogP) is -1.34. The van der Waals surface area contributed by atoms with Gasteiger partial charge in [-0.2, -0.15) is 0 Å². The van der Waals surface area contributed by atoms with E-state index >= 15 is 0 Å². The minimum Gasteiger partial charge on any atom is -1.00 e. The molecule has 0 amide bonds. The van der Waals surface area contributed by atoms with E-state index in [2.05, 4.69) is 0 Å². The topological polar surface area (TPSA) is 0 Å². The van der Waals surface area contributed by atoms with Crippen molar-refractivity contribution in [1.82, 2.24) is 0 Å². The molecular formula is H5AlCeLaMgZr. The van der Waals surface area contributed by atoms with Gasteiger partial charge in [-0.05, 0) is 0 Å². The fraction of sp³-hybridized carbons (Fsp3) is 0. The van der Waals surface area contributed by atoms with Crippen molar-refractivity contribution in [2.75, 3.05) is 0 Å². The average molecular weight is 427 g/mol. The summed E-state index contributed by atoms with van der Waals surface area (Å²) in [5.74, 6) is 0. The third-order valence-corrected chi connectivity index (χ3v) is 0. The molecule has 0 aliphatic rings. The van der Waals surface area contributed by atoms with Crippen LogP contribution in [0.4, 0.5) is 0 Å². The van der Waals surface area contributed by atoms with Gasteiger partial charge >= 0.3 is 23.1 Å².